The number of thiazole rings is 1. The van der Waals surface area contributed by atoms with Gasteiger partial charge >= 0.3 is 0 Å². The number of hydrogen-bond acceptors (Lipinski definition) is 4. The number of H-pyrrole nitrogens is 1. The van der Waals surface area contributed by atoms with Gasteiger partial charge < -0.3 is 9.88 Å². The Kier molecular flexibility index (Phi) is 3.90. The Bertz CT molecular complexity index is 927. The van der Waals surface area contributed by atoms with Gasteiger partial charge in [-0.3, -0.25) is 9.59 Å². The van der Waals surface area contributed by atoms with Crippen LogP contribution in [0.25, 0.3) is 10.2 Å². The maximum absolute atomic E-state index is 12.5. The summed E-state index contributed by atoms with van der Waals surface area (Å²) in [5.41, 5.74) is 3.01. The molecule has 6 heteroatoms. The monoisotopic (exact) mass is 339 g/mol. The van der Waals surface area contributed by atoms with Crippen molar-refractivity contribution in [2.24, 2.45) is 0 Å². The van der Waals surface area contributed by atoms with Crippen LogP contribution < -0.4 is 5.56 Å². The fourth-order valence-electron chi connectivity index (χ4n) is 3.08. The fraction of sp³-hybridized carbons (Fsp3) is 0.278. The maximum Gasteiger partial charge on any atom is 0.248 e. The molecule has 0 fully saturated rings. The molecule has 1 aromatic carbocycles. The van der Waals surface area contributed by atoms with Gasteiger partial charge in [-0.1, -0.05) is 12.1 Å². The summed E-state index contributed by atoms with van der Waals surface area (Å²) in [6.07, 6.45) is 3.61. The van der Waals surface area contributed by atoms with Gasteiger partial charge in [-0.25, -0.2) is 4.98 Å². The van der Waals surface area contributed by atoms with E-state index >= 15 is 0 Å². The average Bonchev–Trinajstić information content (AvgIpc) is 3.02. The highest BCUT2D eigenvalue weighted by Crippen LogP contribution is 2.23. The highest BCUT2D eigenvalue weighted by molar-refractivity contribution is 7.18. The number of amides is 1. The van der Waals surface area contributed by atoms with Gasteiger partial charge in [0.25, 0.3) is 0 Å². The number of carbonyl (C=O) groups is 1. The Labute approximate surface area is 143 Å². The number of nitrogens with zero attached hydrogens (tertiary/aromatic N) is 2. The predicted molar refractivity (Wildman–Crippen MR) is 94.1 cm³/mol. The summed E-state index contributed by atoms with van der Waals surface area (Å²) in [7, 11) is 0. The molecule has 3 aromatic rings. The molecular formula is C18H17N3O2S. The Hall–Kier alpha value is -2.47. The van der Waals surface area contributed by atoms with Gasteiger partial charge in [-0.15, -0.1) is 11.3 Å². The number of nitrogens with one attached hydrogen (secondary N) is 1. The normalized spacial score (nSPS) is 13.9. The fourth-order valence-corrected chi connectivity index (χ4v) is 4.04. The van der Waals surface area contributed by atoms with E-state index in [0.717, 1.165) is 32.8 Å². The minimum Gasteiger partial charge on any atom is -0.338 e. The number of hydrogen-bond donors (Lipinski definition) is 1. The molecule has 3 heterocycles. The van der Waals surface area contributed by atoms with Crippen molar-refractivity contribution in [1.82, 2.24) is 14.9 Å². The van der Waals surface area contributed by atoms with Crippen LogP contribution in [0.15, 0.2) is 41.3 Å². The highest BCUT2D eigenvalue weighted by Gasteiger charge is 2.21. The third-order valence-electron chi connectivity index (χ3n) is 4.36. The first kappa shape index (κ1) is 15.1. The van der Waals surface area contributed by atoms with Gasteiger partial charge in [0.2, 0.25) is 11.5 Å². The molecule has 1 aliphatic heterocycles. The summed E-state index contributed by atoms with van der Waals surface area (Å²) in [4.78, 5) is 33.0. The molecule has 2 aromatic heterocycles. The largest absolute Gasteiger partial charge is 0.338 e. The van der Waals surface area contributed by atoms with Gasteiger partial charge in [-0.05, 0) is 29.7 Å². The van der Waals surface area contributed by atoms with Gasteiger partial charge in [-0.2, -0.15) is 0 Å². The molecule has 0 spiro atoms. The highest BCUT2D eigenvalue weighted by atomic mass is 32.1. The summed E-state index contributed by atoms with van der Waals surface area (Å²) in [6, 6.07) is 9.68. The molecule has 122 valence electrons. The molecule has 1 N–H and O–H groups in total. The van der Waals surface area contributed by atoms with Crippen LogP contribution >= 0.6 is 11.3 Å². The lowest BCUT2D eigenvalue weighted by atomic mass is 10.0. The van der Waals surface area contributed by atoms with E-state index in [1.165, 1.54) is 0 Å². The number of aromatic nitrogens is 2. The molecule has 1 aliphatic rings. The molecule has 0 unspecified atom stereocenters. The second-order valence-corrected chi connectivity index (χ2v) is 7.10. The lowest BCUT2D eigenvalue weighted by Crippen LogP contribution is -2.36. The van der Waals surface area contributed by atoms with Crippen LogP contribution in [0.2, 0.25) is 0 Å². The zero-order chi connectivity index (χ0) is 16.5. The molecule has 1 amide bonds. The lowest BCUT2D eigenvalue weighted by molar-refractivity contribution is -0.132. The molecule has 4 rings (SSSR count). The zero-order valence-corrected chi connectivity index (χ0v) is 13.9. The van der Waals surface area contributed by atoms with Crippen molar-refractivity contribution in [2.45, 2.75) is 25.8 Å². The number of aryl methyl sites for hydroxylation is 1. The SMILES string of the molecule is O=C(CCc1nc2ccccc2s1)N1CCc2cc(=O)[nH]cc2C1. The third kappa shape index (κ3) is 2.97. The predicted octanol–water partition coefficient (Wildman–Crippen LogP) is 2.50. The van der Waals surface area contributed by atoms with E-state index in [4.69, 9.17) is 0 Å². The maximum atomic E-state index is 12.5. The number of benzene rings is 1. The number of rotatable bonds is 3. The molecule has 0 bridgehead atoms. The second-order valence-electron chi connectivity index (χ2n) is 5.99. The van der Waals surface area contributed by atoms with Crippen LogP contribution in [0.1, 0.15) is 22.6 Å². The smallest absolute Gasteiger partial charge is 0.248 e. The molecule has 0 atom stereocenters. The summed E-state index contributed by atoms with van der Waals surface area (Å²) in [5, 5.41) is 1.01. The van der Waals surface area contributed by atoms with E-state index in [2.05, 4.69) is 16.0 Å². The first-order chi connectivity index (χ1) is 11.7. The van der Waals surface area contributed by atoms with Crippen molar-refractivity contribution in [2.75, 3.05) is 6.54 Å². The van der Waals surface area contributed by atoms with E-state index < -0.39 is 0 Å². The van der Waals surface area contributed by atoms with Crippen LogP contribution in [0, 0.1) is 0 Å². The van der Waals surface area contributed by atoms with E-state index in [1.807, 2.05) is 23.1 Å². The summed E-state index contributed by atoms with van der Waals surface area (Å²) < 4.78 is 1.16. The van der Waals surface area contributed by atoms with Crippen LogP contribution in [-0.2, 0) is 24.2 Å². The van der Waals surface area contributed by atoms with Gasteiger partial charge in [0.15, 0.2) is 0 Å². The molecule has 0 aliphatic carbocycles. The number of carbonyl (C=O) groups excluding carboxylic acids is 1. The van der Waals surface area contributed by atoms with Crippen molar-refractivity contribution in [3.05, 3.63) is 63.0 Å². The first-order valence-electron chi connectivity index (χ1n) is 8.02. The standard InChI is InChI=1S/C18H17N3O2S/c22-16-9-12-7-8-21(11-13(12)10-19-16)18(23)6-5-17-20-14-3-1-2-4-15(14)24-17/h1-4,9-10H,5-8,11H2,(H,19,22). The molecule has 0 radical (unpaired) electrons. The van der Waals surface area contributed by atoms with Crippen LogP contribution in [0.4, 0.5) is 0 Å². The molecule has 5 nitrogen and oxygen atoms in total. The number of pyridine rings is 1. The second kappa shape index (κ2) is 6.20. The van der Waals surface area contributed by atoms with Crippen molar-refractivity contribution < 1.29 is 4.79 Å². The minimum absolute atomic E-state index is 0.0793. The first-order valence-corrected chi connectivity index (χ1v) is 8.83. The van der Waals surface area contributed by atoms with Crippen LogP contribution in [-0.4, -0.2) is 27.3 Å². The summed E-state index contributed by atoms with van der Waals surface area (Å²) in [6.45, 7) is 1.25. The lowest BCUT2D eigenvalue weighted by Gasteiger charge is -2.28. The average molecular weight is 339 g/mol. The zero-order valence-electron chi connectivity index (χ0n) is 13.1. The van der Waals surface area contributed by atoms with Crippen LogP contribution in [0.5, 0.6) is 0 Å². The molecule has 0 saturated heterocycles. The van der Waals surface area contributed by atoms with Crippen LogP contribution in [0.3, 0.4) is 0 Å². The number of fused-ring (bicyclic) bond motifs is 2. The topological polar surface area (TPSA) is 66.1 Å². The summed E-state index contributed by atoms with van der Waals surface area (Å²) in [5.74, 6) is 0.145. The van der Waals surface area contributed by atoms with E-state index in [9.17, 15) is 9.59 Å². The Morgan fingerprint density at radius 2 is 2.17 bits per heavy atom. The Morgan fingerprint density at radius 3 is 3.04 bits per heavy atom. The van der Waals surface area contributed by atoms with Crippen molar-refractivity contribution >= 4 is 27.5 Å². The molecular weight excluding hydrogens is 322 g/mol. The Morgan fingerprint density at radius 1 is 1.29 bits per heavy atom. The van der Waals surface area contributed by atoms with E-state index in [1.54, 1.807) is 23.6 Å². The van der Waals surface area contributed by atoms with Crippen molar-refractivity contribution in [3.63, 3.8) is 0 Å². The number of aromatic amines is 1. The molecule has 0 saturated carbocycles. The van der Waals surface area contributed by atoms with Gasteiger partial charge in [0, 0.05) is 38.2 Å². The van der Waals surface area contributed by atoms with E-state index in [-0.39, 0.29) is 11.5 Å². The molecule has 24 heavy (non-hydrogen) atoms. The van der Waals surface area contributed by atoms with Crippen molar-refractivity contribution in [1.29, 1.82) is 0 Å². The third-order valence-corrected chi connectivity index (χ3v) is 5.46. The Balaban J connectivity index is 1.41. The number of para-hydroxylation sites is 1. The van der Waals surface area contributed by atoms with Gasteiger partial charge in [0.1, 0.15) is 0 Å². The van der Waals surface area contributed by atoms with Gasteiger partial charge in [0.05, 0.1) is 15.2 Å². The van der Waals surface area contributed by atoms with Crippen molar-refractivity contribution in [3.8, 4) is 0 Å². The van der Waals surface area contributed by atoms with E-state index in [0.29, 0.717) is 25.9 Å². The summed E-state index contributed by atoms with van der Waals surface area (Å²) >= 11 is 1.65. The minimum atomic E-state index is -0.0793. The quantitative estimate of drug-likeness (QED) is 0.797.